The summed E-state index contributed by atoms with van der Waals surface area (Å²) in [5.74, 6) is 0.659. The van der Waals surface area contributed by atoms with Crippen LogP contribution in [0.1, 0.15) is 6.92 Å². The number of piperazine rings is 1. The lowest BCUT2D eigenvalue weighted by Gasteiger charge is -2.33. The van der Waals surface area contributed by atoms with Crippen LogP contribution in [0.15, 0.2) is 24.5 Å². The van der Waals surface area contributed by atoms with Gasteiger partial charge in [-0.1, -0.05) is 0 Å². The summed E-state index contributed by atoms with van der Waals surface area (Å²) < 4.78 is 5.40. The Kier molecular flexibility index (Phi) is 8.47. The van der Waals surface area contributed by atoms with Crippen molar-refractivity contribution in [2.24, 2.45) is 0 Å². The zero-order valence-electron chi connectivity index (χ0n) is 10.7. The minimum Gasteiger partial charge on any atom is -0.482 e. The molecule has 0 saturated carbocycles. The van der Waals surface area contributed by atoms with Crippen LogP contribution in [-0.2, 0) is 4.79 Å². The SMILES string of the molecule is C[C@@H]1CNCCN1C(=O)COc1cccnc1.Cl.Cl. The monoisotopic (exact) mass is 307 g/mol. The van der Waals surface area contributed by atoms with Gasteiger partial charge in [0.05, 0.1) is 6.20 Å². The summed E-state index contributed by atoms with van der Waals surface area (Å²) in [6, 6.07) is 3.81. The standard InChI is InChI=1S/C12H17N3O2.2ClH/c1-10-7-14-5-6-15(10)12(16)9-17-11-3-2-4-13-8-11;;/h2-4,8,10,14H,5-7,9H2,1H3;2*1H/t10-;;/m1../s1. The van der Waals surface area contributed by atoms with Gasteiger partial charge in [-0.05, 0) is 19.1 Å². The number of amides is 1. The van der Waals surface area contributed by atoms with Crippen LogP contribution in [0.5, 0.6) is 5.75 Å². The molecule has 1 saturated heterocycles. The molecule has 19 heavy (non-hydrogen) atoms. The molecule has 0 aliphatic carbocycles. The van der Waals surface area contributed by atoms with Gasteiger partial charge in [-0.25, -0.2) is 0 Å². The molecule has 1 aliphatic rings. The van der Waals surface area contributed by atoms with Crippen LogP contribution in [-0.4, -0.2) is 48.1 Å². The second-order valence-corrected chi connectivity index (χ2v) is 4.12. The van der Waals surface area contributed by atoms with Crippen molar-refractivity contribution in [1.82, 2.24) is 15.2 Å². The number of rotatable bonds is 3. The second kappa shape index (κ2) is 8.96. The molecule has 1 aromatic heterocycles. The van der Waals surface area contributed by atoms with Crippen LogP contribution in [0.2, 0.25) is 0 Å². The Bertz CT molecular complexity index is 378. The van der Waals surface area contributed by atoms with Gasteiger partial charge in [-0.15, -0.1) is 24.8 Å². The number of pyridine rings is 1. The van der Waals surface area contributed by atoms with Crippen molar-refractivity contribution >= 4 is 30.7 Å². The zero-order valence-corrected chi connectivity index (χ0v) is 12.4. The van der Waals surface area contributed by atoms with Gasteiger partial charge in [0.15, 0.2) is 6.61 Å². The summed E-state index contributed by atoms with van der Waals surface area (Å²) in [6.45, 7) is 4.56. The van der Waals surface area contributed by atoms with Crippen molar-refractivity contribution in [3.05, 3.63) is 24.5 Å². The van der Waals surface area contributed by atoms with Crippen molar-refractivity contribution in [3.8, 4) is 5.75 Å². The van der Waals surface area contributed by atoms with Gasteiger partial charge in [-0.2, -0.15) is 0 Å². The topological polar surface area (TPSA) is 54.5 Å². The second-order valence-electron chi connectivity index (χ2n) is 4.12. The molecule has 1 atom stereocenters. The Labute approximate surface area is 125 Å². The van der Waals surface area contributed by atoms with E-state index in [1.165, 1.54) is 0 Å². The van der Waals surface area contributed by atoms with Crippen molar-refractivity contribution in [1.29, 1.82) is 0 Å². The Balaban J connectivity index is 0.00000162. The summed E-state index contributed by atoms with van der Waals surface area (Å²) in [6.07, 6.45) is 3.28. The van der Waals surface area contributed by atoms with E-state index in [1.807, 2.05) is 11.8 Å². The van der Waals surface area contributed by atoms with E-state index in [9.17, 15) is 4.79 Å². The van der Waals surface area contributed by atoms with Gasteiger partial charge in [0.2, 0.25) is 0 Å². The Hall–Kier alpha value is -1.04. The van der Waals surface area contributed by atoms with E-state index in [1.54, 1.807) is 24.5 Å². The zero-order chi connectivity index (χ0) is 12.1. The fraction of sp³-hybridized carbons (Fsp3) is 0.500. The highest BCUT2D eigenvalue weighted by atomic mass is 35.5. The lowest BCUT2D eigenvalue weighted by atomic mass is 10.2. The Morgan fingerprint density at radius 3 is 3.00 bits per heavy atom. The maximum absolute atomic E-state index is 11.9. The van der Waals surface area contributed by atoms with Crippen molar-refractivity contribution in [2.75, 3.05) is 26.2 Å². The van der Waals surface area contributed by atoms with Gasteiger partial charge < -0.3 is 15.0 Å². The first kappa shape index (κ1) is 18.0. The first-order valence-electron chi connectivity index (χ1n) is 5.80. The van der Waals surface area contributed by atoms with Crippen LogP contribution >= 0.6 is 24.8 Å². The van der Waals surface area contributed by atoms with Crippen molar-refractivity contribution in [2.45, 2.75) is 13.0 Å². The maximum atomic E-state index is 11.9. The third-order valence-electron chi connectivity index (χ3n) is 2.82. The highest BCUT2D eigenvalue weighted by Gasteiger charge is 2.22. The fourth-order valence-electron chi connectivity index (χ4n) is 1.87. The van der Waals surface area contributed by atoms with E-state index in [4.69, 9.17) is 4.74 Å². The molecule has 1 N–H and O–H groups in total. The molecule has 0 spiro atoms. The van der Waals surface area contributed by atoms with E-state index in [-0.39, 0.29) is 43.4 Å². The molecule has 1 aromatic rings. The van der Waals surface area contributed by atoms with E-state index in [0.29, 0.717) is 5.75 Å². The predicted molar refractivity (Wildman–Crippen MR) is 78.3 cm³/mol. The lowest BCUT2D eigenvalue weighted by molar-refractivity contribution is -0.136. The minimum atomic E-state index is 0. The summed E-state index contributed by atoms with van der Waals surface area (Å²) in [4.78, 5) is 17.7. The highest BCUT2D eigenvalue weighted by molar-refractivity contribution is 5.85. The van der Waals surface area contributed by atoms with Crippen LogP contribution < -0.4 is 10.1 Å². The smallest absolute Gasteiger partial charge is 0.260 e. The molecule has 0 radical (unpaired) electrons. The average Bonchev–Trinajstić information content (AvgIpc) is 2.38. The normalized spacial score (nSPS) is 17.9. The molecule has 0 unspecified atom stereocenters. The quantitative estimate of drug-likeness (QED) is 0.909. The van der Waals surface area contributed by atoms with Crippen molar-refractivity contribution in [3.63, 3.8) is 0 Å². The molecular weight excluding hydrogens is 289 g/mol. The van der Waals surface area contributed by atoms with Crippen LogP contribution in [0.25, 0.3) is 0 Å². The summed E-state index contributed by atoms with van der Waals surface area (Å²) in [7, 11) is 0. The summed E-state index contributed by atoms with van der Waals surface area (Å²) >= 11 is 0. The number of ether oxygens (including phenoxy) is 1. The first-order valence-corrected chi connectivity index (χ1v) is 5.80. The molecule has 108 valence electrons. The number of hydrogen-bond donors (Lipinski definition) is 1. The van der Waals surface area contributed by atoms with Crippen molar-refractivity contribution < 1.29 is 9.53 Å². The molecule has 5 nitrogen and oxygen atoms in total. The van der Waals surface area contributed by atoms with Gasteiger partial charge in [0, 0.05) is 31.9 Å². The maximum Gasteiger partial charge on any atom is 0.260 e. The van der Waals surface area contributed by atoms with Gasteiger partial charge in [0.25, 0.3) is 5.91 Å². The van der Waals surface area contributed by atoms with Crippen LogP contribution in [0.4, 0.5) is 0 Å². The van der Waals surface area contributed by atoms with Crippen LogP contribution in [0.3, 0.4) is 0 Å². The Morgan fingerprint density at radius 2 is 2.37 bits per heavy atom. The number of carbonyl (C=O) groups excluding carboxylic acids is 1. The number of hydrogen-bond acceptors (Lipinski definition) is 4. The molecule has 7 heteroatoms. The third kappa shape index (κ3) is 5.22. The Morgan fingerprint density at radius 1 is 1.58 bits per heavy atom. The predicted octanol–water partition coefficient (Wildman–Crippen LogP) is 1.12. The number of nitrogens with zero attached hydrogens (tertiary/aromatic N) is 2. The van der Waals surface area contributed by atoms with E-state index in [2.05, 4.69) is 10.3 Å². The summed E-state index contributed by atoms with van der Waals surface area (Å²) in [5, 5.41) is 3.25. The molecule has 2 rings (SSSR count). The molecule has 1 fully saturated rings. The fourth-order valence-corrected chi connectivity index (χ4v) is 1.87. The minimum absolute atomic E-state index is 0. The molecular formula is C12H19Cl2N3O2. The average molecular weight is 308 g/mol. The highest BCUT2D eigenvalue weighted by Crippen LogP contribution is 2.08. The van der Waals surface area contributed by atoms with Gasteiger partial charge in [0.1, 0.15) is 5.75 Å². The number of aromatic nitrogens is 1. The largest absolute Gasteiger partial charge is 0.482 e. The van der Waals surface area contributed by atoms with Gasteiger partial charge in [-0.3, -0.25) is 9.78 Å². The lowest BCUT2D eigenvalue weighted by Crippen LogP contribution is -2.53. The molecule has 2 heterocycles. The molecule has 0 bridgehead atoms. The summed E-state index contributed by atoms with van der Waals surface area (Å²) in [5.41, 5.74) is 0. The molecule has 0 aromatic carbocycles. The third-order valence-corrected chi connectivity index (χ3v) is 2.82. The molecule has 1 amide bonds. The van der Waals surface area contributed by atoms with E-state index >= 15 is 0 Å². The number of halogens is 2. The van der Waals surface area contributed by atoms with E-state index in [0.717, 1.165) is 19.6 Å². The molecule has 1 aliphatic heterocycles. The van der Waals surface area contributed by atoms with Crippen LogP contribution in [0, 0.1) is 0 Å². The van der Waals surface area contributed by atoms with E-state index < -0.39 is 0 Å². The first-order chi connectivity index (χ1) is 8.27. The van der Waals surface area contributed by atoms with Gasteiger partial charge >= 0.3 is 0 Å². The number of nitrogens with one attached hydrogen (secondary N) is 1. The number of carbonyl (C=O) groups is 1.